The number of rotatable bonds is 3. The first-order valence-electron chi connectivity index (χ1n) is 5.19. The molecule has 1 atom stereocenters. The van der Waals surface area contributed by atoms with Gasteiger partial charge in [-0.25, -0.2) is 4.68 Å². The third-order valence-corrected chi connectivity index (χ3v) is 3.39. The molecule has 1 aliphatic rings. The molecule has 5 heteroatoms. The smallest absolute Gasteiger partial charge is 0.238 e. The summed E-state index contributed by atoms with van der Waals surface area (Å²) in [6.45, 7) is 4.46. The largest absolute Gasteiger partial charge is 0.239 e. The highest BCUT2D eigenvalue weighted by atomic mass is 32.1. The van der Waals surface area contributed by atoms with Crippen molar-refractivity contribution < 1.29 is 0 Å². The fourth-order valence-electron chi connectivity index (χ4n) is 2.23. The average molecular weight is 212 g/mol. The summed E-state index contributed by atoms with van der Waals surface area (Å²) in [4.78, 5) is 0. The summed E-state index contributed by atoms with van der Waals surface area (Å²) < 4.78 is 2.53. The summed E-state index contributed by atoms with van der Waals surface area (Å²) in [5, 5.41) is 10.5. The van der Waals surface area contributed by atoms with Crippen LogP contribution in [0.2, 0.25) is 0 Å². The minimum atomic E-state index is 0.450. The van der Waals surface area contributed by atoms with Gasteiger partial charge >= 0.3 is 0 Å². The molecule has 1 aromatic rings. The van der Waals surface area contributed by atoms with Crippen molar-refractivity contribution in [1.82, 2.24) is 20.2 Å². The Morgan fingerprint density at radius 1 is 1.50 bits per heavy atom. The molecule has 0 aromatic carbocycles. The zero-order valence-electron chi connectivity index (χ0n) is 8.60. The maximum atomic E-state index is 5.13. The average Bonchev–Trinajstić information content (AvgIpc) is 2.42. The van der Waals surface area contributed by atoms with Crippen molar-refractivity contribution in [2.45, 2.75) is 39.2 Å². The highest BCUT2D eigenvalue weighted by Crippen LogP contribution is 2.39. The van der Waals surface area contributed by atoms with Gasteiger partial charge in [0.25, 0.3) is 0 Å². The second kappa shape index (κ2) is 3.81. The Labute approximate surface area is 88.7 Å². The summed E-state index contributed by atoms with van der Waals surface area (Å²) in [6, 6.07) is 0.450. The van der Waals surface area contributed by atoms with Crippen LogP contribution in [0.15, 0.2) is 0 Å². The lowest BCUT2D eigenvalue weighted by Gasteiger charge is -2.36. The molecular formula is C9H16N4S. The summed E-state index contributed by atoms with van der Waals surface area (Å²) in [7, 11) is 0. The number of tetrazole rings is 1. The van der Waals surface area contributed by atoms with Gasteiger partial charge in [-0.15, -0.1) is 0 Å². The fourth-order valence-corrected chi connectivity index (χ4v) is 2.44. The van der Waals surface area contributed by atoms with E-state index in [4.69, 9.17) is 12.2 Å². The van der Waals surface area contributed by atoms with E-state index in [1.807, 2.05) is 4.68 Å². The van der Waals surface area contributed by atoms with Crippen LogP contribution < -0.4 is 0 Å². The molecule has 0 bridgehead atoms. The van der Waals surface area contributed by atoms with Crippen molar-refractivity contribution in [2.75, 3.05) is 0 Å². The van der Waals surface area contributed by atoms with Crippen molar-refractivity contribution in [3.8, 4) is 0 Å². The molecule has 14 heavy (non-hydrogen) atoms. The molecule has 0 spiro atoms. The topological polar surface area (TPSA) is 46.5 Å². The van der Waals surface area contributed by atoms with Crippen LogP contribution in [0.3, 0.4) is 0 Å². The molecule has 0 amide bonds. The van der Waals surface area contributed by atoms with E-state index in [1.165, 1.54) is 19.3 Å². The summed E-state index contributed by atoms with van der Waals surface area (Å²) in [5.74, 6) is 1.33. The minimum Gasteiger partial charge on any atom is -0.239 e. The first-order valence-corrected chi connectivity index (χ1v) is 5.60. The molecular weight excluding hydrogens is 196 g/mol. The summed E-state index contributed by atoms with van der Waals surface area (Å²) in [6.07, 6.45) is 3.97. The van der Waals surface area contributed by atoms with Gasteiger partial charge in [-0.3, -0.25) is 0 Å². The van der Waals surface area contributed by atoms with E-state index in [1.54, 1.807) is 0 Å². The number of aromatic amines is 1. The van der Waals surface area contributed by atoms with Gasteiger partial charge in [0.2, 0.25) is 4.77 Å². The van der Waals surface area contributed by atoms with E-state index in [2.05, 4.69) is 29.4 Å². The third-order valence-electron chi connectivity index (χ3n) is 3.11. The second-order valence-electron chi connectivity index (χ2n) is 4.38. The molecule has 0 saturated heterocycles. The zero-order chi connectivity index (χ0) is 10.1. The van der Waals surface area contributed by atoms with E-state index in [-0.39, 0.29) is 0 Å². The Hall–Kier alpha value is -0.710. The van der Waals surface area contributed by atoms with Crippen molar-refractivity contribution in [3.63, 3.8) is 0 Å². The van der Waals surface area contributed by atoms with Crippen LogP contribution in [0.25, 0.3) is 0 Å². The van der Waals surface area contributed by atoms with Crippen LogP contribution in [0.5, 0.6) is 0 Å². The molecule has 1 fully saturated rings. The molecule has 0 aliphatic heterocycles. The van der Waals surface area contributed by atoms with Crippen molar-refractivity contribution >= 4 is 12.2 Å². The summed E-state index contributed by atoms with van der Waals surface area (Å²) in [5.41, 5.74) is 0. The van der Waals surface area contributed by atoms with Crippen LogP contribution in [0.4, 0.5) is 0 Å². The van der Waals surface area contributed by atoms with Crippen molar-refractivity contribution in [1.29, 1.82) is 0 Å². The molecule has 0 radical (unpaired) electrons. The first kappa shape index (κ1) is 9.83. The number of nitrogens with one attached hydrogen (secondary N) is 1. The van der Waals surface area contributed by atoms with Gasteiger partial charge in [0.15, 0.2) is 0 Å². The molecule has 4 nitrogen and oxygen atoms in total. The lowest BCUT2D eigenvalue weighted by atomic mass is 9.76. The number of hydrogen-bond donors (Lipinski definition) is 1. The van der Waals surface area contributed by atoms with E-state index in [9.17, 15) is 0 Å². The number of nitrogens with zero attached hydrogens (tertiary/aromatic N) is 3. The Morgan fingerprint density at radius 3 is 2.57 bits per heavy atom. The van der Waals surface area contributed by atoms with Gasteiger partial charge in [0, 0.05) is 0 Å². The predicted octanol–water partition coefficient (Wildman–Crippen LogP) is 2.33. The van der Waals surface area contributed by atoms with Crippen LogP contribution in [-0.2, 0) is 0 Å². The Morgan fingerprint density at radius 2 is 2.21 bits per heavy atom. The molecule has 1 unspecified atom stereocenters. The summed E-state index contributed by atoms with van der Waals surface area (Å²) >= 11 is 5.13. The standard InChI is InChI=1S/C9H16N4S/c1-6(2)8(7-4-3-5-7)13-9(14)10-11-12-13/h6-8H,3-5H2,1-2H3,(H,10,12,14). The van der Waals surface area contributed by atoms with Crippen LogP contribution in [0.1, 0.15) is 39.2 Å². The van der Waals surface area contributed by atoms with Gasteiger partial charge in [0.05, 0.1) is 6.04 Å². The van der Waals surface area contributed by atoms with Crippen molar-refractivity contribution in [2.24, 2.45) is 11.8 Å². The number of H-pyrrole nitrogens is 1. The molecule has 1 aromatic heterocycles. The SMILES string of the molecule is CC(C)C(C1CCC1)n1[nH]nnc1=S. The Bertz CT molecular complexity index is 350. The molecule has 1 aliphatic carbocycles. The Balaban J connectivity index is 2.26. The molecule has 1 heterocycles. The monoisotopic (exact) mass is 212 g/mol. The quantitative estimate of drug-likeness (QED) is 0.782. The number of hydrogen-bond acceptors (Lipinski definition) is 3. The van der Waals surface area contributed by atoms with E-state index >= 15 is 0 Å². The first-order chi connectivity index (χ1) is 6.70. The van der Waals surface area contributed by atoms with E-state index in [0.717, 1.165) is 5.92 Å². The molecule has 1 saturated carbocycles. The lowest BCUT2D eigenvalue weighted by molar-refractivity contribution is 0.149. The molecule has 78 valence electrons. The molecule has 1 N–H and O–H groups in total. The Kier molecular flexibility index (Phi) is 2.67. The van der Waals surface area contributed by atoms with Crippen molar-refractivity contribution in [3.05, 3.63) is 4.77 Å². The van der Waals surface area contributed by atoms with Gasteiger partial charge in [-0.05, 0) is 36.9 Å². The van der Waals surface area contributed by atoms with E-state index in [0.29, 0.717) is 16.7 Å². The van der Waals surface area contributed by atoms with Crippen LogP contribution in [-0.4, -0.2) is 20.2 Å². The van der Waals surface area contributed by atoms with Gasteiger partial charge in [-0.1, -0.05) is 30.6 Å². The van der Waals surface area contributed by atoms with Gasteiger partial charge in [-0.2, -0.15) is 5.21 Å². The van der Waals surface area contributed by atoms with Crippen LogP contribution >= 0.6 is 12.2 Å². The fraction of sp³-hybridized carbons (Fsp3) is 0.889. The predicted molar refractivity (Wildman–Crippen MR) is 56.4 cm³/mol. The van der Waals surface area contributed by atoms with E-state index < -0.39 is 0 Å². The normalized spacial score (nSPS) is 19.6. The van der Waals surface area contributed by atoms with Crippen LogP contribution in [0, 0.1) is 16.6 Å². The number of aromatic nitrogens is 4. The molecule has 2 rings (SSSR count). The second-order valence-corrected chi connectivity index (χ2v) is 4.74. The van der Waals surface area contributed by atoms with Gasteiger partial charge in [0.1, 0.15) is 0 Å². The maximum Gasteiger partial charge on any atom is 0.238 e. The third kappa shape index (κ3) is 1.61. The lowest BCUT2D eigenvalue weighted by Crippen LogP contribution is -2.30. The highest BCUT2D eigenvalue weighted by molar-refractivity contribution is 7.71. The van der Waals surface area contributed by atoms with Gasteiger partial charge < -0.3 is 0 Å². The maximum absolute atomic E-state index is 5.13. The minimum absolute atomic E-state index is 0.450. The zero-order valence-corrected chi connectivity index (χ0v) is 9.42. The highest BCUT2D eigenvalue weighted by Gasteiger charge is 2.31.